The number of rotatable bonds is 3. The second-order valence-corrected chi connectivity index (χ2v) is 5.11. The van der Waals surface area contributed by atoms with E-state index in [-0.39, 0.29) is 0 Å². The molecular formula is C19H14N2O2. The fourth-order valence-electron chi connectivity index (χ4n) is 2.35. The quantitative estimate of drug-likeness (QED) is 0.687. The molecule has 0 radical (unpaired) electrons. The Hall–Kier alpha value is -3.19. The number of aromatic nitrogens is 1. The van der Waals surface area contributed by atoms with Crippen LogP contribution >= 0.6 is 0 Å². The molecule has 0 amide bonds. The van der Waals surface area contributed by atoms with Crippen LogP contribution in [0.15, 0.2) is 60.7 Å². The standard InChI is InChI=1S/C19H14N2O2/c1-13(12-20)23-19(22)16-11-18(14-7-3-2-4-8-14)21-17-10-6-5-9-15(16)17/h2-11,13H,1H3/t13-/m1/s1. The Kier molecular flexibility index (Phi) is 4.03. The number of para-hydroxylation sites is 1. The minimum atomic E-state index is -0.797. The van der Waals surface area contributed by atoms with E-state index in [0.29, 0.717) is 22.2 Å². The number of nitrogens with zero attached hydrogens (tertiary/aromatic N) is 2. The highest BCUT2D eigenvalue weighted by atomic mass is 16.5. The van der Waals surface area contributed by atoms with Crippen molar-refractivity contribution in [1.82, 2.24) is 4.98 Å². The van der Waals surface area contributed by atoms with Gasteiger partial charge in [-0.05, 0) is 19.1 Å². The number of esters is 1. The van der Waals surface area contributed by atoms with E-state index in [1.807, 2.05) is 60.7 Å². The smallest absolute Gasteiger partial charge is 0.340 e. The Bertz CT molecular complexity index is 898. The number of carbonyl (C=O) groups excluding carboxylic acids is 1. The molecule has 0 saturated heterocycles. The molecule has 4 nitrogen and oxygen atoms in total. The lowest BCUT2D eigenvalue weighted by Gasteiger charge is -2.11. The molecule has 3 aromatic rings. The van der Waals surface area contributed by atoms with E-state index in [1.165, 1.54) is 0 Å². The van der Waals surface area contributed by atoms with Crippen molar-refractivity contribution < 1.29 is 9.53 Å². The Morgan fingerprint density at radius 2 is 1.83 bits per heavy atom. The van der Waals surface area contributed by atoms with E-state index in [2.05, 4.69) is 4.98 Å². The molecule has 0 aliphatic rings. The van der Waals surface area contributed by atoms with Crippen molar-refractivity contribution in [2.45, 2.75) is 13.0 Å². The predicted molar refractivity (Wildman–Crippen MR) is 87.7 cm³/mol. The first-order valence-corrected chi connectivity index (χ1v) is 7.25. The zero-order chi connectivity index (χ0) is 16.2. The van der Waals surface area contributed by atoms with Crippen molar-refractivity contribution in [2.24, 2.45) is 0 Å². The van der Waals surface area contributed by atoms with Crippen molar-refractivity contribution in [3.05, 3.63) is 66.2 Å². The molecule has 1 heterocycles. The SMILES string of the molecule is C[C@H](C#N)OC(=O)c1cc(-c2ccccc2)nc2ccccc12. The van der Waals surface area contributed by atoms with Gasteiger partial charge in [-0.3, -0.25) is 0 Å². The molecular weight excluding hydrogens is 288 g/mol. The maximum atomic E-state index is 12.4. The first-order valence-electron chi connectivity index (χ1n) is 7.25. The van der Waals surface area contributed by atoms with Crippen molar-refractivity contribution in [3.8, 4) is 17.3 Å². The molecule has 1 aromatic heterocycles. The first kappa shape index (κ1) is 14.7. The van der Waals surface area contributed by atoms with Crippen LogP contribution in [0.3, 0.4) is 0 Å². The van der Waals surface area contributed by atoms with Gasteiger partial charge in [-0.2, -0.15) is 5.26 Å². The van der Waals surface area contributed by atoms with Crippen LogP contribution in [0.5, 0.6) is 0 Å². The highest BCUT2D eigenvalue weighted by molar-refractivity contribution is 6.04. The summed E-state index contributed by atoms with van der Waals surface area (Å²) in [6.45, 7) is 1.54. The first-order chi connectivity index (χ1) is 11.2. The summed E-state index contributed by atoms with van der Waals surface area (Å²) in [6, 6.07) is 20.6. The average Bonchev–Trinajstić information content (AvgIpc) is 2.61. The molecule has 0 spiro atoms. The number of carbonyl (C=O) groups is 1. The third-order valence-electron chi connectivity index (χ3n) is 3.47. The lowest BCUT2D eigenvalue weighted by molar-refractivity contribution is 0.0438. The minimum absolute atomic E-state index is 0.413. The Balaban J connectivity index is 2.15. The van der Waals surface area contributed by atoms with Gasteiger partial charge < -0.3 is 4.74 Å². The van der Waals surface area contributed by atoms with Crippen LogP contribution in [-0.4, -0.2) is 17.1 Å². The monoisotopic (exact) mass is 302 g/mol. The molecule has 112 valence electrons. The molecule has 3 rings (SSSR count). The normalized spacial score (nSPS) is 11.7. The number of pyridine rings is 1. The van der Waals surface area contributed by atoms with Gasteiger partial charge in [-0.25, -0.2) is 9.78 Å². The van der Waals surface area contributed by atoms with Gasteiger partial charge >= 0.3 is 5.97 Å². The van der Waals surface area contributed by atoms with E-state index >= 15 is 0 Å². The zero-order valence-corrected chi connectivity index (χ0v) is 12.6. The van der Waals surface area contributed by atoms with Crippen molar-refractivity contribution in [1.29, 1.82) is 5.26 Å². The summed E-state index contributed by atoms with van der Waals surface area (Å²) in [6.07, 6.45) is -0.797. The van der Waals surface area contributed by atoms with Gasteiger partial charge in [0.05, 0.1) is 16.8 Å². The lowest BCUT2D eigenvalue weighted by Crippen LogP contribution is -2.14. The number of fused-ring (bicyclic) bond motifs is 1. The average molecular weight is 302 g/mol. The summed E-state index contributed by atoms with van der Waals surface area (Å²) in [5.74, 6) is -0.519. The summed E-state index contributed by atoms with van der Waals surface area (Å²) < 4.78 is 5.16. The number of benzene rings is 2. The molecule has 0 bridgehead atoms. The van der Waals surface area contributed by atoms with E-state index in [0.717, 1.165) is 5.56 Å². The molecule has 0 N–H and O–H groups in total. The third kappa shape index (κ3) is 3.04. The van der Waals surface area contributed by atoms with Gasteiger partial charge in [-0.15, -0.1) is 0 Å². The zero-order valence-electron chi connectivity index (χ0n) is 12.6. The van der Waals surface area contributed by atoms with Crippen LogP contribution in [-0.2, 0) is 4.74 Å². The van der Waals surface area contributed by atoms with Crippen LogP contribution in [0.25, 0.3) is 22.2 Å². The summed E-state index contributed by atoms with van der Waals surface area (Å²) in [5.41, 5.74) is 2.74. The third-order valence-corrected chi connectivity index (χ3v) is 3.47. The van der Waals surface area contributed by atoms with Crippen LogP contribution in [0.2, 0.25) is 0 Å². The van der Waals surface area contributed by atoms with Crippen LogP contribution < -0.4 is 0 Å². The van der Waals surface area contributed by atoms with Gasteiger partial charge in [0.15, 0.2) is 6.10 Å². The molecule has 0 saturated carbocycles. The lowest BCUT2D eigenvalue weighted by atomic mass is 10.0. The second kappa shape index (κ2) is 6.29. The Morgan fingerprint density at radius 1 is 1.13 bits per heavy atom. The Labute approximate surface area is 134 Å². The molecule has 0 aliphatic heterocycles. The fourth-order valence-corrected chi connectivity index (χ4v) is 2.35. The maximum absolute atomic E-state index is 12.4. The highest BCUT2D eigenvalue weighted by Crippen LogP contribution is 2.25. The molecule has 0 fully saturated rings. The summed E-state index contributed by atoms with van der Waals surface area (Å²) in [7, 11) is 0. The predicted octanol–water partition coefficient (Wildman–Crippen LogP) is 3.97. The summed E-state index contributed by atoms with van der Waals surface area (Å²) in [5, 5.41) is 9.55. The van der Waals surface area contributed by atoms with Gasteiger partial charge in [0.25, 0.3) is 0 Å². The van der Waals surface area contributed by atoms with Crippen molar-refractivity contribution in [3.63, 3.8) is 0 Å². The van der Waals surface area contributed by atoms with Gasteiger partial charge in [-0.1, -0.05) is 48.5 Å². The van der Waals surface area contributed by atoms with E-state index in [9.17, 15) is 4.79 Å². The Morgan fingerprint density at radius 3 is 2.57 bits per heavy atom. The van der Waals surface area contributed by atoms with Crippen LogP contribution in [0, 0.1) is 11.3 Å². The van der Waals surface area contributed by atoms with Crippen molar-refractivity contribution in [2.75, 3.05) is 0 Å². The molecule has 0 aliphatic carbocycles. The molecule has 0 unspecified atom stereocenters. The summed E-state index contributed by atoms with van der Waals surface area (Å²) in [4.78, 5) is 17.0. The summed E-state index contributed by atoms with van der Waals surface area (Å²) >= 11 is 0. The number of nitriles is 1. The second-order valence-electron chi connectivity index (χ2n) is 5.11. The van der Waals surface area contributed by atoms with E-state index in [1.54, 1.807) is 13.0 Å². The van der Waals surface area contributed by atoms with E-state index < -0.39 is 12.1 Å². The van der Waals surface area contributed by atoms with Gasteiger partial charge in [0, 0.05) is 10.9 Å². The molecule has 4 heteroatoms. The van der Waals surface area contributed by atoms with Crippen LogP contribution in [0.1, 0.15) is 17.3 Å². The van der Waals surface area contributed by atoms with E-state index in [4.69, 9.17) is 10.00 Å². The number of hydrogen-bond acceptors (Lipinski definition) is 4. The number of hydrogen-bond donors (Lipinski definition) is 0. The van der Waals surface area contributed by atoms with Crippen LogP contribution in [0.4, 0.5) is 0 Å². The fraction of sp³-hybridized carbons (Fsp3) is 0.105. The molecule has 1 atom stereocenters. The molecule has 23 heavy (non-hydrogen) atoms. The largest absolute Gasteiger partial charge is 0.444 e. The topological polar surface area (TPSA) is 63.0 Å². The van der Waals surface area contributed by atoms with Gasteiger partial charge in [0.2, 0.25) is 0 Å². The maximum Gasteiger partial charge on any atom is 0.340 e. The van der Waals surface area contributed by atoms with Gasteiger partial charge in [0.1, 0.15) is 6.07 Å². The minimum Gasteiger partial charge on any atom is -0.444 e. The number of ether oxygens (including phenoxy) is 1. The molecule has 2 aromatic carbocycles. The highest BCUT2D eigenvalue weighted by Gasteiger charge is 2.17. The van der Waals surface area contributed by atoms with Crippen molar-refractivity contribution >= 4 is 16.9 Å².